The second-order valence-electron chi connectivity index (χ2n) is 6.88. The molecule has 3 rings (SSSR count). The van der Waals surface area contributed by atoms with E-state index >= 15 is 0 Å². The molecule has 1 heterocycles. The second-order valence-corrected chi connectivity index (χ2v) is 6.88. The molecule has 1 aliphatic heterocycles. The summed E-state index contributed by atoms with van der Waals surface area (Å²) in [4.78, 5) is 16.2. The van der Waals surface area contributed by atoms with Gasteiger partial charge in [0.05, 0.1) is 7.11 Å². The first-order valence-corrected chi connectivity index (χ1v) is 9.56. The molecule has 0 radical (unpaired) electrons. The van der Waals surface area contributed by atoms with Gasteiger partial charge in [0.15, 0.2) is 11.6 Å². The van der Waals surface area contributed by atoms with Gasteiger partial charge < -0.3 is 19.7 Å². The Morgan fingerprint density at radius 2 is 1.83 bits per heavy atom. The number of methoxy groups -OCH3 is 1. The van der Waals surface area contributed by atoms with Crippen LogP contribution in [-0.4, -0.2) is 55.7 Å². The zero-order chi connectivity index (χ0) is 21.5. The van der Waals surface area contributed by atoms with Crippen LogP contribution in [0.2, 0.25) is 0 Å². The average molecular weight is 423 g/mol. The Hall–Kier alpha value is -2.94. The number of nitrogens with one attached hydrogen (secondary N) is 1. The summed E-state index contributed by atoms with van der Waals surface area (Å²) in [6, 6.07) is 11.0. The van der Waals surface area contributed by atoms with E-state index < -0.39 is 12.4 Å². The van der Waals surface area contributed by atoms with Gasteiger partial charge in [-0.2, -0.15) is 8.78 Å². The summed E-state index contributed by atoms with van der Waals surface area (Å²) in [5.74, 6) is -0.144. The zero-order valence-corrected chi connectivity index (χ0v) is 16.6. The monoisotopic (exact) mass is 423 g/mol. The van der Waals surface area contributed by atoms with Gasteiger partial charge in [-0.15, -0.1) is 0 Å². The minimum atomic E-state index is -2.92. The fourth-order valence-electron chi connectivity index (χ4n) is 3.32. The smallest absolute Gasteiger partial charge is 0.387 e. The van der Waals surface area contributed by atoms with E-state index in [4.69, 9.17) is 4.74 Å². The van der Waals surface area contributed by atoms with Crippen molar-refractivity contribution in [2.75, 3.05) is 33.3 Å². The van der Waals surface area contributed by atoms with Crippen molar-refractivity contribution in [3.8, 4) is 11.5 Å². The molecule has 0 bridgehead atoms. The highest BCUT2D eigenvalue weighted by Gasteiger charge is 2.21. The number of halogens is 3. The second kappa shape index (κ2) is 10.2. The third kappa shape index (κ3) is 5.79. The Morgan fingerprint density at radius 3 is 2.50 bits per heavy atom. The SMILES string of the molecule is COc1ccc(CN2CCN(C(=O)NCc3ccccc3OC(F)F)CC2)cc1F. The number of hydrogen-bond donors (Lipinski definition) is 1. The van der Waals surface area contributed by atoms with Crippen LogP contribution in [0.25, 0.3) is 0 Å². The highest BCUT2D eigenvalue weighted by molar-refractivity contribution is 5.74. The van der Waals surface area contributed by atoms with Gasteiger partial charge in [0.2, 0.25) is 0 Å². The summed E-state index contributed by atoms with van der Waals surface area (Å²) in [6.45, 7) is 0.0634. The summed E-state index contributed by atoms with van der Waals surface area (Å²) in [6.07, 6.45) is 0. The molecule has 1 saturated heterocycles. The van der Waals surface area contributed by atoms with E-state index in [2.05, 4.69) is 15.0 Å². The van der Waals surface area contributed by atoms with E-state index in [1.165, 1.54) is 19.2 Å². The summed E-state index contributed by atoms with van der Waals surface area (Å²) < 4.78 is 48.2. The fourth-order valence-corrected chi connectivity index (χ4v) is 3.32. The zero-order valence-electron chi connectivity index (χ0n) is 16.6. The highest BCUT2D eigenvalue weighted by Crippen LogP contribution is 2.21. The molecule has 1 aliphatic rings. The summed E-state index contributed by atoms with van der Waals surface area (Å²) in [5.41, 5.74) is 1.31. The Morgan fingerprint density at radius 1 is 1.10 bits per heavy atom. The molecule has 1 N–H and O–H groups in total. The van der Waals surface area contributed by atoms with E-state index in [-0.39, 0.29) is 24.1 Å². The molecule has 0 atom stereocenters. The maximum atomic E-state index is 13.8. The Kier molecular flexibility index (Phi) is 7.40. The lowest BCUT2D eigenvalue weighted by molar-refractivity contribution is -0.0504. The first-order chi connectivity index (χ1) is 14.5. The number of benzene rings is 2. The quantitative estimate of drug-likeness (QED) is 0.741. The number of amides is 2. The van der Waals surface area contributed by atoms with E-state index in [1.807, 2.05) is 6.07 Å². The van der Waals surface area contributed by atoms with E-state index in [9.17, 15) is 18.0 Å². The average Bonchev–Trinajstić information content (AvgIpc) is 2.73. The molecule has 30 heavy (non-hydrogen) atoms. The van der Waals surface area contributed by atoms with Crippen molar-refractivity contribution >= 4 is 6.03 Å². The first-order valence-electron chi connectivity index (χ1n) is 9.56. The maximum absolute atomic E-state index is 13.8. The number of carbonyl (C=O) groups is 1. The number of hydrogen-bond acceptors (Lipinski definition) is 4. The predicted molar refractivity (Wildman–Crippen MR) is 105 cm³/mol. The van der Waals surface area contributed by atoms with Gasteiger partial charge in [0, 0.05) is 44.8 Å². The van der Waals surface area contributed by atoms with E-state index in [0.29, 0.717) is 38.3 Å². The van der Waals surface area contributed by atoms with Crippen LogP contribution in [0, 0.1) is 5.82 Å². The van der Waals surface area contributed by atoms with Crippen LogP contribution < -0.4 is 14.8 Å². The van der Waals surface area contributed by atoms with Crippen molar-refractivity contribution in [1.82, 2.24) is 15.1 Å². The molecule has 2 amide bonds. The molecule has 0 spiro atoms. The molecule has 2 aromatic rings. The topological polar surface area (TPSA) is 54.0 Å². The Bertz CT molecular complexity index is 858. The number of rotatable bonds is 7. The molecule has 0 aliphatic carbocycles. The van der Waals surface area contributed by atoms with Gasteiger partial charge in [-0.25, -0.2) is 9.18 Å². The standard InChI is InChI=1S/C21H24F3N3O3/c1-29-19-7-6-15(12-17(19)22)14-26-8-10-27(11-9-26)21(28)25-13-16-4-2-3-5-18(16)30-20(23)24/h2-7,12,20H,8-11,13-14H2,1H3,(H,25,28). The van der Waals surface area contributed by atoms with Crippen molar-refractivity contribution in [3.05, 3.63) is 59.4 Å². The molecule has 162 valence electrons. The molecule has 9 heteroatoms. The Labute approximate surface area is 173 Å². The third-order valence-electron chi connectivity index (χ3n) is 4.90. The third-order valence-corrected chi connectivity index (χ3v) is 4.90. The number of para-hydroxylation sites is 1. The fraction of sp³-hybridized carbons (Fsp3) is 0.381. The van der Waals surface area contributed by atoms with Crippen molar-refractivity contribution < 1.29 is 27.4 Å². The number of urea groups is 1. The van der Waals surface area contributed by atoms with Crippen molar-refractivity contribution in [2.45, 2.75) is 19.7 Å². The number of nitrogens with zero attached hydrogens (tertiary/aromatic N) is 2. The van der Waals surface area contributed by atoms with Crippen LogP contribution in [0.4, 0.5) is 18.0 Å². The van der Waals surface area contributed by atoms with Crippen LogP contribution in [0.15, 0.2) is 42.5 Å². The molecule has 6 nitrogen and oxygen atoms in total. The largest absolute Gasteiger partial charge is 0.494 e. The summed E-state index contributed by atoms with van der Waals surface area (Å²) in [7, 11) is 1.42. The molecular formula is C21H24F3N3O3. The Balaban J connectivity index is 1.47. The number of piperazine rings is 1. The normalized spacial score (nSPS) is 14.6. The minimum Gasteiger partial charge on any atom is -0.494 e. The lowest BCUT2D eigenvalue weighted by Crippen LogP contribution is -2.51. The van der Waals surface area contributed by atoms with Gasteiger partial charge in [-0.05, 0) is 23.8 Å². The van der Waals surface area contributed by atoms with E-state index in [0.717, 1.165) is 5.56 Å². The minimum absolute atomic E-state index is 0.0457. The van der Waals surface area contributed by atoms with Gasteiger partial charge in [-0.1, -0.05) is 24.3 Å². The molecule has 1 fully saturated rings. The van der Waals surface area contributed by atoms with Crippen LogP contribution in [-0.2, 0) is 13.1 Å². The molecule has 0 unspecified atom stereocenters. The lowest BCUT2D eigenvalue weighted by atomic mass is 10.2. The van der Waals surface area contributed by atoms with Gasteiger partial charge in [0.25, 0.3) is 0 Å². The van der Waals surface area contributed by atoms with Crippen molar-refractivity contribution in [3.63, 3.8) is 0 Å². The predicted octanol–water partition coefficient (Wildman–Crippen LogP) is 3.46. The lowest BCUT2D eigenvalue weighted by Gasteiger charge is -2.34. The number of ether oxygens (including phenoxy) is 2. The summed E-state index contributed by atoms with van der Waals surface area (Å²) >= 11 is 0. The first kappa shape index (κ1) is 21.8. The number of alkyl halides is 2. The number of carbonyl (C=O) groups excluding carboxylic acids is 1. The van der Waals surface area contributed by atoms with Gasteiger partial charge >= 0.3 is 12.6 Å². The van der Waals surface area contributed by atoms with Crippen molar-refractivity contribution in [2.24, 2.45) is 0 Å². The highest BCUT2D eigenvalue weighted by atomic mass is 19.3. The molecule has 0 saturated carbocycles. The van der Waals surface area contributed by atoms with Crippen LogP contribution in [0.3, 0.4) is 0 Å². The van der Waals surface area contributed by atoms with Gasteiger partial charge in [-0.3, -0.25) is 4.90 Å². The van der Waals surface area contributed by atoms with E-state index in [1.54, 1.807) is 29.2 Å². The van der Waals surface area contributed by atoms with Gasteiger partial charge in [0.1, 0.15) is 5.75 Å². The summed E-state index contributed by atoms with van der Waals surface area (Å²) in [5, 5.41) is 2.75. The van der Waals surface area contributed by atoms with Crippen LogP contribution in [0.5, 0.6) is 11.5 Å². The molecule has 0 aromatic heterocycles. The van der Waals surface area contributed by atoms with Crippen molar-refractivity contribution in [1.29, 1.82) is 0 Å². The maximum Gasteiger partial charge on any atom is 0.387 e. The van der Waals surface area contributed by atoms with Crippen LogP contribution >= 0.6 is 0 Å². The molecule has 2 aromatic carbocycles. The van der Waals surface area contributed by atoms with Crippen LogP contribution in [0.1, 0.15) is 11.1 Å². The molecular weight excluding hydrogens is 399 g/mol.